The summed E-state index contributed by atoms with van der Waals surface area (Å²) in [5.41, 5.74) is -0.0947. The summed E-state index contributed by atoms with van der Waals surface area (Å²) in [4.78, 5) is 6.45. The topological polar surface area (TPSA) is 103 Å². The van der Waals surface area contributed by atoms with Gasteiger partial charge in [-0.1, -0.05) is 18.2 Å². The first-order valence-corrected chi connectivity index (χ1v) is 7.54. The number of hydrogen-bond acceptors (Lipinski definition) is 5. The van der Waals surface area contributed by atoms with E-state index in [1.165, 1.54) is 24.4 Å². The highest BCUT2D eigenvalue weighted by atomic mass is 32.2. The lowest BCUT2D eigenvalue weighted by Gasteiger charge is -2.07. The van der Waals surface area contributed by atoms with Crippen molar-refractivity contribution >= 4 is 33.5 Å². The molecule has 2 heterocycles. The Morgan fingerprint density at radius 1 is 1.19 bits per heavy atom. The van der Waals surface area contributed by atoms with Crippen molar-refractivity contribution in [3.8, 4) is 0 Å². The molecular formula is C13H11BN2O4S. The summed E-state index contributed by atoms with van der Waals surface area (Å²) in [6.45, 7) is 0. The highest BCUT2D eigenvalue weighted by molar-refractivity contribution is 7.91. The number of aromatic nitrogens is 2. The van der Waals surface area contributed by atoms with Gasteiger partial charge in [0.15, 0.2) is 0 Å². The molecule has 0 amide bonds. The summed E-state index contributed by atoms with van der Waals surface area (Å²) in [6.07, 6.45) is 1.01. The molecule has 0 bridgehead atoms. The molecule has 0 atom stereocenters. The third kappa shape index (κ3) is 2.23. The molecule has 6 nitrogen and oxygen atoms in total. The molecule has 0 aliphatic rings. The fourth-order valence-corrected chi connectivity index (χ4v) is 3.62. The second-order valence-corrected chi connectivity index (χ2v) is 6.30. The minimum absolute atomic E-state index is 0.0198. The number of hydrogen-bond donors (Lipinski definition) is 3. The third-order valence-corrected chi connectivity index (χ3v) is 4.91. The molecule has 3 N–H and O–H groups in total. The van der Waals surface area contributed by atoms with Crippen LogP contribution >= 0.6 is 0 Å². The van der Waals surface area contributed by atoms with Crippen LogP contribution < -0.4 is 5.46 Å². The van der Waals surface area contributed by atoms with E-state index in [-0.39, 0.29) is 32.5 Å². The fraction of sp³-hybridized carbons (Fsp3) is 0. The number of fused-ring (bicyclic) bond motifs is 1. The van der Waals surface area contributed by atoms with Crippen LogP contribution in [0.1, 0.15) is 1.37 Å². The normalized spacial score (nSPS) is 12.4. The van der Waals surface area contributed by atoms with Crippen molar-refractivity contribution in [1.82, 2.24) is 9.97 Å². The predicted octanol–water partition coefficient (Wildman–Crippen LogP) is 0.0755. The Labute approximate surface area is 122 Å². The molecule has 3 aromatic rings. The Morgan fingerprint density at radius 2 is 1.90 bits per heavy atom. The van der Waals surface area contributed by atoms with E-state index >= 15 is 0 Å². The lowest BCUT2D eigenvalue weighted by Crippen LogP contribution is -2.29. The van der Waals surface area contributed by atoms with Crippen LogP contribution in [0.3, 0.4) is 0 Å². The molecule has 3 rings (SSSR count). The number of sulfone groups is 1. The SMILES string of the molecule is [2H]c1[nH]c2nccc(S(=O)(=O)c3ccccc3)c2c1B(O)O. The number of aromatic amines is 1. The van der Waals surface area contributed by atoms with E-state index in [1.807, 2.05) is 0 Å². The van der Waals surface area contributed by atoms with Crippen molar-refractivity contribution in [3.63, 3.8) is 0 Å². The molecule has 0 fully saturated rings. The Kier molecular flexibility index (Phi) is 2.99. The van der Waals surface area contributed by atoms with Gasteiger partial charge in [-0.2, -0.15) is 0 Å². The molecule has 1 aromatic carbocycles. The van der Waals surface area contributed by atoms with Crippen LogP contribution in [-0.2, 0) is 9.84 Å². The summed E-state index contributed by atoms with van der Waals surface area (Å²) < 4.78 is 33.3. The van der Waals surface area contributed by atoms with E-state index in [0.29, 0.717) is 0 Å². The molecular weight excluding hydrogens is 291 g/mol. The molecule has 0 saturated heterocycles. The second kappa shape index (κ2) is 4.99. The molecule has 21 heavy (non-hydrogen) atoms. The van der Waals surface area contributed by atoms with Gasteiger partial charge in [0, 0.05) is 23.2 Å². The highest BCUT2D eigenvalue weighted by Crippen LogP contribution is 2.25. The van der Waals surface area contributed by atoms with Gasteiger partial charge in [-0.3, -0.25) is 0 Å². The summed E-state index contributed by atoms with van der Waals surface area (Å²) >= 11 is 0. The van der Waals surface area contributed by atoms with E-state index in [9.17, 15) is 18.5 Å². The Morgan fingerprint density at radius 3 is 2.57 bits per heavy atom. The van der Waals surface area contributed by atoms with Gasteiger partial charge < -0.3 is 15.0 Å². The van der Waals surface area contributed by atoms with Crippen molar-refractivity contribution in [3.05, 3.63) is 48.8 Å². The summed E-state index contributed by atoms with van der Waals surface area (Å²) in [7, 11) is -5.85. The lowest BCUT2D eigenvalue weighted by atomic mass is 9.80. The van der Waals surface area contributed by atoms with Crippen LogP contribution in [0, 0.1) is 0 Å². The fourth-order valence-electron chi connectivity index (χ4n) is 2.13. The smallest absolute Gasteiger partial charge is 0.423 e. The van der Waals surface area contributed by atoms with Crippen LogP contribution in [-0.4, -0.2) is 35.6 Å². The van der Waals surface area contributed by atoms with Gasteiger partial charge in [-0.05, 0) is 18.2 Å². The van der Waals surface area contributed by atoms with Gasteiger partial charge in [0.25, 0.3) is 0 Å². The number of H-pyrrole nitrogens is 1. The van der Waals surface area contributed by atoms with Gasteiger partial charge in [0.05, 0.1) is 11.2 Å². The van der Waals surface area contributed by atoms with Crippen LogP contribution in [0.25, 0.3) is 11.0 Å². The molecule has 0 saturated carbocycles. The van der Waals surface area contributed by atoms with E-state index in [2.05, 4.69) is 9.97 Å². The maximum Gasteiger partial charge on any atom is 0.490 e. The van der Waals surface area contributed by atoms with Crippen molar-refractivity contribution in [1.29, 1.82) is 0 Å². The van der Waals surface area contributed by atoms with E-state index in [1.54, 1.807) is 18.2 Å². The first-order chi connectivity index (χ1) is 10.4. The van der Waals surface area contributed by atoms with E-state index in [0.717, 1.165) is 0 Å². The molecule has 0 unspecified atom stereocenters. The quantitative estimate of drug-likeness (QED) is 0.594. The summed E-state index contributed by atoms with van der Waals surface area (Å²) in [5, 5.41) is 18.9. The number of nitrogens with zero attached hydrogens (tertiary/aromatic N) is 1. The van der Waals surface area contributed by atoms with E-state index < -0.39 is 17.0 Å². The van der Waals surface area contributed by atoms with Gasteiger partial charge in [-0.25, -0.2) is 13.4 Å². The van der Waals surface area contributed by atoms with Gasteiger partial charge in [0.1, 0.15) is 5.65 Å². The minimum atomic E-state index is -3.87. The molecule has 8 heteroatoms. The van der Waals surface area contributed by atoms with E-state index in [4.69, 9.17) is 1.37 Å². The Balaban J connectivity index is 2.37. The van der Waals surface area contributed by atoms with Crippen LogP contribution in [0.2, 0.25) is 0 Å². The van der Waals surface area contributed by atoms with Crippen LogP contribution in [0.15, 0.2) is 58.6 Å². The first kappa shape index (κ1) is 12.6. The zero-order chi connectivity index (χ0) is 15.9. The monoisotopic (exact) mass is 303 g/mol. The largest absolute Gasteiger partial charge is 0.490 e. The average Bonchev–Trinajstić information content (AvgIpc) is 2.83. The van der Waals surface area contributed by atoms with Gasteiger partial charge >= 0.3 is 7.12 Å². The van der Waals surface area contributed by atoms with Crippen molar-refractivity contribution in [2.75, 3.05) is 0 Å². The highest BCUT2D eigenvalue weighted by Gasteiger charge is 2.26. The van der Waals surface area contributed by atoms with Crippen molar-refractivity contribution in [2.24, 2.45) is 0 Å². The maximum atomic E-state index is 12.8. The Hall–Kier alpha value is -2.16. The Bertz CT molecular complexity index is 941. The molecule has 0 spiro atoms. The first-order valence-electron chi connectivity index (χ1n) is 6.56. The zero-order valence-electron chi connectivity index (χ0n) is 11.7. The second-order valence-electron chi connectivity index (χ2n) is 4.39. The number of rotatable bonds is 3. The number of pyridine rings is 1. The molecule has 0 radical (unpaired) electrons. The number of nitrogens with one attached hydrogen (secondary N) is 1. The average molecular weight is 303 g/mol. The zero-order valence-corrected chi connectivity index (χ0v) is 11.5. The predicted molar refractivity (Wildman–Crippen MR) is 77.8 cm³/mol. The number of benzene rings is 1. The van der Waals surface area contributed by atoms with Crippen LogP contribution in [0.5, 0.6) is 0 Å². The molecule has 0 aliphatic heterocycles. The lowest BCUT2D eigenvalue weighted by molar-refractivity contribution is 0.426. The van der Waals surface area contributed by atoms with Gasteiger partial charge in [0.2, 0.25) is 9.84 Å². The van der Waals surface area contributed by atoms with Gasteiger partial charge in [-0.15, -0.1) is 0 Å². The minimum Gasteiger partial charge on any atom is -0.423 e. The summed E-state index contributed by atoms with van der Waals surface area (Å²) in [5.74, 6) is 0. The molecule has 106 valence electrons. The molecule has 2 aromatic heterocycles. The third-order valence-electron chi connectivity index (χ3n) is 3.10. The summed E-state index contributed by atoms with van der Waals surface area (Å²) in [6, 6.07) is 9.07. The maximum absolute atomic E-state index is 12.8. The van der Waals surface area contributed by atoms with Crippen molar-refractivity contribution < 1.29 is 19.8 Å². The van der Waals surface area contributed by atoms with Crippen LogP contribution in [0.4, 0.5) is 0 Å². The molecule has 0 aliphatic carbocycles. The van der Waals surface area contributed by atoms with Crippen molar-refractivity contribution in [2.45, 2.75) is 9.79 Å². The standard InChI is InChI=1S/C13H11BN2O4S/c17-14(18)10-8-16-13-12(10)11(6-7-15-13)21(19,20)9-4-2-1-3-5-9/h1-8,17-18H,(H,15,16)/i8D.